The van der Waals surface area contributed by atoms with Crippen molar-refractivity contribution in [2.24, 2.45) is 0 Å². The van der Waals surface area contributed by atoms with Gasteiger partial charge in [-0.3, -0.25) is 0 Å². The van der Waals surface area contributed by atoms with Crippen LogP contribution in [0.1, 0.15) is 19.4 Å². The third kappa shape index (κ3) is 3.58. The van der Waals surface area contributed by atoms with Crippen molar-refractivity contribution in [3.63, 3.8) is 0 Å². The van der Waals surface area contributed by atoms with Crippen LogP contribution in [0.2, 0.25) is 0 Å². The molecule has 0 amide bonds. The summed E-state index contributed by atoms with van der Waals surface area (Å²) < 4.78 is 6.63. The topological polar surface area (TPSA) is 21.3 Å². The fourth-order valence-corrected chi connectivity index (χ4v) is 1.96. The first-order chi connectivity index (χ1) is 7.49. The van der Waals surface area contributed by atoms with Gasteiger partial charge in [0, 0.05) is 17.6 Å². The Balaban J connectivity index is 2.74. The van der Waals surface area contributed by atoms with E-state index in [-0.39, 0.29) is 5.60 Å². The van der Waals surface area contributed by atoms with E-state index >= 15 is 0 Å². The van der Waals surface area contributed by atoms with Crippen LogP contribution in [0.25, 0.3) is 0 Å². The number of nitrogens with one attached hydrogen (secondary N) is 1. The monoisotopic (exact) mass is 285 g/mol. The van der Waals surface area contributed by atoms with E-state index in [1.165, 1.54) is 5.56 Å². The molecule has 0 spiro atoms. The molecule has 0 fully saturated rings. The molecule has 1 N–H and O–H groups in total. The Hall–Kier alpha value is -0.380. The van der Waals surface area contributed by atoms with Crippen LogP contribution in [0.4, 0.5) is 0 Å². The second-order valence-corrected chi connectivity index (χ2v) is 5.40. The van der Waals surface area contributed by atoms with Crippen LogP contribution in [0, 0.1) is 0 Å². The van der Waals surface area contributed by atoms with Crippen LogP contribution in [-0.4, -0.2) is 25.8 Å². The van der Waals surface area contributed by atoms with Gasteiger partial charge in [0.05, 0.1) is 5.60 Å². The summed E-state index contributed by atoms with van der Waals surface area (Å²) >= 11 is 3.44. The zero-order chi connectivity index (χ0) is 12.2. The quantitative estimate of drug-likeness (QED) is 0.898. The van der Waals surface area contributed by atoms with Gasteiger partial charge in [0.1, 0.15) is 0 Å². The molecule has 1 unspecified atom stereocenters. The van der Waals surface area contributed by atoms with Crippen LogP contribution < -0.4 is 5.32 Å². The molecule has 3 heteroatoms. The van der Waals surface area contributed by atoms with Crippen LogP contribution in [0.5, 0.6) is 0 Å². The lowest BCUT2D eigenvalue weighted by Gasteiger charge is -2.33. The van der Waals surface area contributed by atoms with Gasteiger partial charge in [-0.25, -0.2) is 0 Å². The fraction of sp³-hybridized carbons (Fsp3) is 0.538. The summed E-state index contributed by atoms with van der Waals surface area (Å²) in [5, 5.41) is 3.32. The molecule has 1 aromatic carbocycles. The zero-order valence-corrected chi connectivity index (χ0v) is 12.0. The standard InChI is InChI=1S/C13H20BrNO/c1-13(2,16-4)12(15-3)9-10-5-7-11(14)8-6-10/h5-8,12,15H,9H2,1-4H3. The molecule has 16 heavy (non-hydrogen) atoms. The second kappa shape index (κ2) is 5.80. The van der Waals surface area contributed by atoms with Crippen molar-refractivity contribution in [2.75, 3.05) is 14.2 Å². The van der Waals surface area contributed by atoms with Crippen molar-refractivity contribution >= 4 is 15.9 Å². The van der Waals surface area contributed by atoms with E-state index in [1.807, 2.05) is 7.05 Å². The maximum Gasteiger partial charge on any atom is 0.0778 e. The molecule has 0 radical (unpaired) electrons. The third-order valence-corrected chi connectivity index (χ3v) is 3.60. The smallest absolute Gasteiger partial charge is 0.0778 e. The zero-order valence-electron chi connectivity index (χ0n) is 10.4. The van der Waals surface area contributed by atoms with E-state index in [2.05, 4.69) is 59.4 Å². The number of rotatable bonds is 5. The molecule has 0 aromatic heterocycles. The van der Waals surface area contributed by atoms with E-state index in [0.29, 0.717) is 6.04 Å². The third-order valence-electron chi connectivity index (χ3n) is 3.07. The Kier molecular flexibility index (Phi) is 4.96. The van der Waals surface area contributed by atoms with Crippen molar-refractivity contribution < 1.29 is 4.74 Å². The number of hydrogen-bond acceptors (Lipinski definition) is 2. The summed E-state index contributed by atoms with van der Waals surface area (Å²) in [6.07, 6.45) is 0.963. The highest BCUT2D eigenvalue weighted by Gasteiger charge is 2.27. The molecule has 1 aromatic rings. The number of methoxy groups -OCH3 is 1. The molecular weight excluding hydrogens is 266 g/mol. The number of hydrogen-bond donors (Lipinski definition) is 1. The van der Waals surface area contributed by atoms with Gasteiger partial charge in [0.2, 0.25) is 0 Å². The molecule has 90 valence electrons. The fourth-order valence-electron chi connectivity index (χ4n) is 1.69. The lowest BCUT2D eigenvalue weighted by atomic mass is 9.92. The average Bonchev–Trinajstić information content (AvgIpc) is 2.28. The summed E-state index contributed by atoms with van der Waals surface area (Å²) in [5.74, 6) is 0. The number of likely N-dealkylation sites (N-methyl/N-ethyl adjacent to an activating group) is 1. The van der Waals surface area contributed by atoms with Gasteiger partial charge in [-0.1, -0.05) is 28.1 Å². The SMILES string of the molecule is CNC(Cc1ccc(Br)cc1)C(C)(C)OC. The summed E-state index contributed by atoms with van der Waals surface area (Å²) in [7, 11) is 3.73. The number of halogens is 1. The summed E-state index contributed by atoms with van der Waals surface area (Å²) in [4.78, 5) is 0. The van der Waals surface area contributed by atoms with Crippen molar-refractivity contribution in [1.29, 1.82) is 0 Å². The first kappa shape index (κ1) is 13.7. The average molecular weight is 286 g/mol. The molecule has 0 aliphatic carbocycles. The highest BCUT2D eigenvalue weighted by atomic mass is 79.9. The second-order valence-electron chi connectivity index (χ2n) is 4.48. The minimum absolute atomic E-state index is 0.165. The maximum absolute atomic E-state index is 5.51. The molecule has 1 atom stereocenters. The molecule has 2 nitrogen and oxygen atoms in total. The van der Waals surface area contributed by atoms with Gasteiger partial charge >= 0.3 is 0 Å². The van der Waals surface area contributed by atoms with E-state index in [4.69, 9.17) is 4.74 Å². The van der Waals surface area contributed by atoms with Gasteiger partial charge in [0.15, 0.2) is 0 Å². The van der Waals surface area contributed by atoms with E-state index < -0.39 is 0 Å². The van der Waals surface area contributed by atoms with Crippen LogP contribution >= 0.6 is 15.9 Å². The van der Waals surface area contributed by atoms with E-state index in [1.54, 1.807) is 7.11 Å². The van der Waals surface area contributed by atoms with E-state index in [0.717, 1.165) is 10.9 Å². The van der Waals surface area contributed by atoms with Crippen molar-refractivity contribution in [2.45, 2.75) is 31.9 Å². The molecule has 1 rings (SSSR count). The summed E-state index contributed by atoms with van der Waals surface area (Å²) in [5.41, 5.74) is 1.15. The molecule has 0 aliphatic heterocycles. The molecule has 0 saturated heterocycles. The van der Waals surface area contributed by atoms with Gasteiger partial charge in [-0.2, -0.15) is 0 Å². The Bertz CT molecular complexity index is 321. The Morgan fingerprint density at radius 3 is 2.31 bits per heavy atom. The Morgan fingerprint density at radius 1 is 1.31 bits per heavy atom. The highest BCUT2D eigenvalue weighted by molar-refractivity contribution is 9.10. The Labute approximate surface area is 107 Å². The van der Waals surface area contributed by atoms with E-state index in [9.17, 15) is 0 Å². The number of benzene rings is 1. The lowest BCUT2D eigenvalue weighted by molar-refractivity contribution is -0.00797. The lowest BCUT2D eigenvalue weighted by Crippen LogP contribution is -2.48. The van der Waals surface area contributed by atoms with Crippen molar-refractivity contribution in [3.8, 4) is 0 Å². The predicted molar refractivity (Wildman–Crippen MR) is 71.8 cm³/mol. The minimum Gasteiger partial charge on any atom is -0.377 e. The molecule has 0 bridgehead atoms. The van der Waals surface area contributed by atoms with Crippen molar-refractivity contribution in [3.05, 3.63) is 34.3 Å². The first-order valence-electron chi connectivity index (χ1n) is 5.46. The van der Waals surface area contributed by atoms with Crippen LogP contribution in [0.3, 0.4) is 0 Å². The summed E-state index contributed by atoms with van der Waals surface area (Å²) in [6.45, 7) is 4.21. The first-order valence-corrected chi connectivity index (χ1v) is 6.25. The van der Waals surface area contributed by atoms with Gasteiger partial charge < -0.3 is 10.1 Å². The highest BCUT2D eigenvalue weighted by Crippen LogP contribution is 2.19. The molecule has 0 aliphatic rings. The largest absolute Gasteiger partial charge is 0.377 e. The molecular formula is C13H20BrNO. The Morgan fingerprint density at radius 2 is 1.88 bits per heavy atom. The normalized spacial score (nSPS) is 13.8. The molecule has 0 heterocycles. The van der Waals surface area contributed by atoms with Gasteiger partial charge in [-0.15, -0.1) is 0 Å². The summed E-state index contributed by atoms with van der Waals surface area (Å²) in [6, 6.07) is 8.73. The molecule has 0 saturated carbocycles. The number of ether oxygens (including phenoxy) is 1. The van der Waals surface area contributed by atoms with Crippen LogP contribution in [0.15, 0.2) is 28.7 Å². The van der Waals surface area contributed by atoms with Gasteiger partial charge in [0.25, 0.3) is 0 Å². The maximum atomic E-state index is 5.51. The minimum atomic E-state index is -0.165. The van der Waals surface area contributed by atoms with Crippen LogP contribution in [-0.2, 0) is 11.2 Å². The van der Waals surface area contributed by atoms with Gasteiger partial charge in [-0.05, 0) is 45.0 Å². The predicted octanol–water partition coefficient (Wildman–Crippen LogP) is 3.00. The van der Waals surface area contributed by atoms with Crippen molar-refractivity contribution in [1.82, 2.24) is 5.32 Å².